The van der Waals surface area contributed by atoms with Gasteiger partial charge in [-0.2, -0.15) is 0 Å². The van der Waals surface area contributed by atoms with Crippen LogP contribution in [0.5, 0.6) is 0 Å². The molecular formula is C11H20N2O. The van der Waals surface area contributed by atoms with Crippen molar-refractivity contribution in [2.75, 3.05) is 20.3 Å². The van der Waals surface area contributed by atoms with Crippen LogP contribution in [0.25, 0.3) is 0 Å². The number of rotatable bonds is 2. The van der Waals surface area contributed by atoms with E-state index in [1.54, 1.807) is 0 Å². The summed E-state index contributed by atoms with van der Waals surface area (Å²) in [5, 5.41) is 3.44. The van der Waals surface area contributed by atoms with Gasteiger partial charge >= 0.3 is 0 Å². The molecule has 0 amide bonds. The van der Waals surface area contributed by atoms with Crippen LogP contribution in [0.1, 0.15) is 25.7 Å². The summed E-state index contributed by atoms with van der Waals surface area (Å²) in [4.78, 5) is 2.76. The number of nitrogens with one attached hydrogen (secondary N) is 1. The topological polar surface area (TPSA) is 24.5 Å². The third kappa shape index (κ3) is 1.30. The van der Waals surface area contributed by atoms with Gasteiger partial charge in [0.25, 0.3) is 0 Å². The smallest absolute Gasteiger partial charge is 0.0645 e. The van der Waals surface area contributed by atoms with E-state index in [1.165, 1.54) is 25.7 Å². The first-order valence-corrected chi connectivity index (χ1v) is 5.91. The lowest BCUT2D eigenvalue weighted by molar-refractivity contribution is -0.0934. The number of hydrogen-bond acceptors (Lipinski definition) is 3. The molecule has 3 heteroatoms. The predicted octanol–water partition coefficient (Wildman–Crippen LogP) is 0.600. The Morgan fingerprint density at radius 2 is 1.71 bits per heavy atom. The van der Waals surface area contributed by atoms with Crippen molar-refractivity contribution in [2.24, 2.45) is 0 Å². The molecule has 0 aromatic heterocycles. The molecule has 3 saturated heterocycles. The summed E-state index contributed by atoms with van der Waals surface area (Å²) < 4.78 is 5.31. The minimum Gasteiger partial charge on any atom is -0.378 e. The molecule has 14 heavy (non-hydrogen) atoms. The third-order valence-electron chi connectivity index (χ3n) is 4.24. The maximum atomic E-state index is 5.31. The van der Waals surface area contributed by atoms with Gasteiger partial charge in [-0.3, -0.25) is 4.90 Å². The van der Waals surface area contributed by atoms with Crippen molar-refractivity contribution < 1.29 is 4.74 Å². The van der Waals surface area contributed by atoms with Gasteiger partial charge in [0, 0.05) is 18.1 Å². The Morgan fingerprint density at radius 3 is 2.14 bits per heavy atom. The van der Waals surface area contributed by atoms with Crippen LogP contribution in [0, 0.1) is 0 Å². The lowest BCUT2D eigenvalue weighted by Crippen LogP contribution is -2.58. The van der Waals surface area contributed by atoms with Crippen LogP contribution < -0.4 is 5.32 Å². The SMILES string of the molecule is CNC1CC2CCC(C1)N2C1COC1. The zero-order valence-corrected chi connectivity index (χ0v) is 8.91. The van der Waals surface area contributed by atoms with Gasteiger partial charge < -0.3 is 10.1 Å². The quantitative estimate of drug-likeness (QED) is 0.700. The Morgan fingerprint density at radius 1 is 1.07 bits per heavy atom. The van der Waals surface area contributed by atoms with Crippen molar-refractivity contribution in [3.63, 3.8) is 0 Å². The van der Waals surface area contributed by atoms with Gasteiger partial charge in [0.15, 0.2) is 0 Å². The van der Waals surface area contributed by atoms with Crippen LogP contribution in [0.4, 0.5) is 0 Å². The standard InChI is InChI=1S/C11H20N2O/c1-12-8-4-9-2-3-10(5-8)13(9)11-6-14-7-11/h8-12H,2-7H2,1H3. The van der Waals surface area contributed by atoms with Crippen molar-refractivity contribution >= 4 is 0 Å². The first-order chi connectivity index (χ1) is 6.88. The Hall–Kier alpha value is -0.120. The molecule has 3 aliphatic heterocycles. The molecule has 3 aliphatic rings. The summed E-state index contributed by atoms with van der Waals surface area (Å²) in [6.45, 7) is 1.97. The first-order valence-electron chi connectivity index (χ1n) is 5.91. The van der Waals surface area contributed by atoms with Gasteiger partial charge in [-0.25, -0.2) is 0 Å². The predicted molar refractivity (Wildman–Crippen MR) is 55.3 cm³/mol. The molecule has 0 aromatic carbocycles. The minimum absolute atomic E-state index is 0.755. The van der Waals surface area contributed by atoms with Gasteiger partial charge in [-0.15, -0.1) is 0 Å². The van der Waals surface area contributed by atoms with Crippen molar-refractivity contribution in [1.82, 2.24) is 10.2 Å². The summed E-state index contributed by atoms with van der Waals surface area (Å²) in [6.07, 6.45) is 5.53. The molecule has 3 heterocycles. The second-order valence-electron chi connectivity index (χ2n) is 4.98. The van der Waals surface area contributed by atoms with Crippen LogP contribution in [-0.4, -0.2) is 49.3 Å². The molecule has 0 aliphatic carbocycles. The monoisotopic (exact) mass is 196 g/mol. The van der Waals surface area contributed by atoms with Gasteiger partial charge in [-0.05, 0) is 32.7 Å². The fourth-order valence-corrected chi connectivity index (χ4v) is 3.44. The highest BCUT2D eigenvalue weighted by atomic mass is 16.5. The van der Waals surface area contributed by atoms with Crippen molar-refractivity contribution in [3.05, 3.63) is 0 Å². The van der Waals surface area contributed by atoms with Crippen LogP contribution >= 0.6 is 0 Å². The molecule has 0 spiro atoms. The van der Waals surface area contributed by atoms with Crippen molar-refractivity contribution in [1.29, 1.82) is 0 Å². The molecule has 0 aromatic rings. The minimum atomic E-state index is 0.755. The lowest BCUT2D eigenvalue weighted by Gasteiger charge is -2.46. The van der Waals surface area contributed by atoms with E-state index in [9.17, 15) is 0 Å². The van der Waals surface area contributed by atoms with Crippen LogP contribution in [0.2, 0.25) is 0 Å². The lowest BCUT2D eigenvalue weighted by atomic mass is 9.95. The van der Waals surface area contributed by atoms with E-state index in [4.69, 9.17) is 4.74 Å². The fraction of sp³-hybridized carbons (Fsp3) is 1.00. The largest absolute Gasteiger partial charge is 0.378 e. The highest BCUT2D eigenvalue weighted by Crippen LogP contribution is 2.38. The van der Waals surface area contributed by atoms with Crippen LogP contribution in [0.15, 0.2) is 0 Å². The zero-order chi connectivity index (χ0) is 9.54. The normalized spacial score (nSPS) is 43.9. The summed E-state index contributed by atoms with van der Waals surface area (Å²) >= 11 is 0. The van der Waals surface area contributed by atoms with E-state index in [-0.39, 0.29) is 0 Å². The summed E-state index contributed by atoms with van der Waals surface area (Å²) in [6, 6.07) is 3.22. The second-order valence-corrected chi connectivity index (χ2v) is 4.98. The first kappa shape index (κ1) is 9.13. The molecule has 3 nitrogen and oxygen atoms in total. The molecule has 3 fully saturated rings. The molecule has 2 atom stereocenters. The average Bonchev–Trinajstić information content (AvgIpc) is 2.38. The number of piperidine rings is 1. The van der Waals surface area contributed by atoms with Gasteiger partial charge in [-0.1, -0.05) is 0 Å². The van der Waals surface area contributed by atoms with E-state index in [2.05, 4.69) is 17.3 Å². The molecule has 0 radical (unpaired) electrons. The summed E-state index contributed by atoms with van der Waals surface area (Å²) in [5.74, 6) is 0. The highest BCUT2D eigenvalue weighted by molar-refractivity contribution is 5.00. The molecule has 80 valence electrons. The Kier molecular flexibility index (Phi) is 2.26. The fourth-order valence-electron chi connectivity index (χ4n) is 3.44. The van der Waals surface area contributed by atoms with E-state index in [0.717, 1.165) is 37.4 Å². The van der Waals surface area contributed by atoms with Crippen molar-refractivity contribution in [2.45, 2.75) is 49.9 Å². The molecule has 2 unspecified atom stereocenters. The highest BCUT2D eigenvalue weighted by Gasteiger charge is 2.45. The van der Waals surface area contributed by atoms with Crippen molar-refractivity contribution in [3.8, 4) is 0 Å². The zero-order valence-electron chi connectivity index (χ0n) is 8.91. The third-order valence-corrected chi connectivity index (χ3v) is 4.24. The Balaban J connectivity index is 1.70. The molecular weight excluding hydrogens is 176 g/mol. The number of fused-ring (bicyclic) bond motifs is 2. The molecule has 2 bridgehead atoms. The second kappa shape index (κ2) is 3.47. The molecule has 0 saturated carbocycles. The van der Waals surface area contributed by atoms with E-state index in [1.807, 2.05) is 0 Å². The summed E-state index contributed by atoms with van der Waals surface area (Å²) in [5.41, 5.74) is 0. The van der Waals surface area contributed by atoms with E-state index < -0.39 is 0 Å². The Labute approximate surface area is 85.8 Å². The Bertz CT molecular complexity index is 203. The van der Waals surface area contributed by atoms with Gasteiger partial charge in [0.05, 0.1) is 19.3 Å². The van der Waals surface area contributed by atoms with Crippen LogP contribution in [-0.2, 0) is 4.74 Å². The number of hydrogen-bond donors (Lipinski definition) is 1. The maximum absolute atomic E-state index is 5.31. The molecule has 3 rings (SSSR count). The average molecular weight is 196 g/mol. The van der Waals surface area contributed by atoms with E-state index in [0.29, 0.717) is 0 Å². The van der Waals surface area contributed by atoms with E-state index >= 15 is 0 Å². The maximum Gasteiger partial charge on any atom is 0.0645 e. The number of nitrogens with zero attached hydrogens (tertiary/aromatic N) is 1. The van der Waals surface area contributed by atoms with Gasteiger partial charge in [0.1, 0.15) is 0 Å². The van der Waals surface area contributed by atoms with Gasteiger partial charge in [0.2, 0.25) is 0 Å². The molecule has 1 N–H and O–H groups in total. The summed E-state index contributed by atoms with van der Waals surface area (Å²) in [7, 11) is 2.10. The van der Waals surface area contributed by atoms with Crippen LogP contribution in [0.3, 0.4) is 0 Å². The number of ether oxygens (including phenoxy) is 1.